The Kier molecular flexibility index (Phi) is 4.40. The second kappa shape index (κ2) is 7.13. The van der Waals surface area contributed by atoms with Gasteiger partial charge in [-0.3, -0.25) is 4.79 Å². The normalized spacial score (nSPS) is 11.8. The maximum Gasteiger partial charge on any atom is 0.291 e. The molecule has 1 amide bonds. The van der Waals surface area contributed by atoms with E-state index in [1.54, 1.807) is 18.2 Å². The van der Waals surface area contributed by atoms with Crippen molar-refractivity contribution in [1.29, 1.82) is 0 Å². The molecule has 0 spiro atoms. The van der Waals surface area contributed by atoms with Crippen LogP contribution in [0.2, 0.25) is 0 Å². The molecule has 2 aromatic heterocycles. The molecule has 0 saturated carbocycles. The van der Waals surface area contributed by atoms with Crippen LogP contribution < -0.4 is 5.32 Å². The average Bonchev–Trinajstić information content (AvgIpc) is 3.37. The fourth-order valence-corrected chi connectivity index (χ4v) is 3.53. The highest BCUT2D eigenvalue weighted by molar-refractivity contribution is 6.05. The summed E-state index contributed by atoms with van der Waals surface area (Å²) in [5.74, 6) is 0.503. The molecule has 154 valence electrons. The lowest BCUT2D eigenvalue weighted by Gasteiger charge is -2.18. The van der Waals surface area contributed by atoms with Crippen LogP contribution in [0.15, 0.2) is 81.6 Å². The number of hydrogen-bond donors (Lipinski definition) is 1. The number of para-hydroxylation sites is 1. The van der Waals surface area contributed by atoms with E-state index in [-0.39, 0.29) is 17.1 Å². The molecule has 0 saturated heterocycles. The Balaban J connectivity index is 1.39. The third-order valence-electron chi connectivity index (χ3n) is 5.29. The Hall–Kier alpha value is -3.86. The number of furan rings is 1. The van der Waals surface area contributed by atoms with E-state index in [0.29, 0.717) is 22.7 Å². The fraction of sp³-hybridized carbons (Fsp3) is 0.154. The van der Waals surface area contributed by atoms with E-state index in [1.807, 2.05) is 42.5 Å². The SMILES string of the molecule is CC(C)(C)c1ccc(-c2nc3ccc(NC(=O)c4cc5ccccc5o4)cc3o2)cc1. The molecule has 5 aromatic rings. The van der Waals surface area contributed by atoms with Crippen molar-refractivity contribution in [2.45, 2.75) is 26.2 Å². The Morgan fingerprint density at radius 2 is 1.65 bits per heavy atom. The first kappa shape index (κ1) is 19.1. The first-order valence-corrected chi connectivity index (χ1v) is 10.2. The maximum absolute atomic E-state index is 12.6. The monoisotopic (exact) mass is 410 g/mol. The summed E-state index contributed by atoms with van der Waals surface area (Å²) in [5.41, 5.74) is 4.89. The zero-order chi connectivity index (χ0) is 21.6. The number of anilines is 1. The summed E-state index contributed by atoms with van der Waals surface area (Å²) in [6.07, 6.45) is 0. The number of nitrogens with zero attached hydrogens (tertiary/aromatic N) is 1. The molecule has 3 aromatic carbocycles. The molecule has 5 nitrogen and oxygen atoms in total. The number of rotatable bonds is 3. The summed E-state index contributed by atoms with van der Waals surface area (Å²) in [6.45, 7) is 6.55. The standard InChI is InChI=1S/C26H22N2O3/c1-26(2,3)18-10-8-16(9-11-18)25-28-20-13-12-19(15-22(20)31-25)27-24(29)23-14-17-6-4-5-7-21(17)30-23/h4-15H,1-3H3,(H,27,29). The zero-order valence-electron chi connectivity index (χ0n) is 17.6. The van der Waals surface area contributed by atoms with Crippen molar-refractivity contribution in [2.24, 2.45) is 0 Å². The molecule has 31 heavy (non-hydrogen) atoms. The molecule has 0 radical (unpaired) electrons. The van der Waals surface area contributed by atoms with E-state index >= 15 is 0 Å². The van der Waals surface area contributed by atoms with E-state index in [9.17, 15) is 4.79 Å². The maximum atomic E-state index is 12.6. The highest BCUT2D eigenvalue weighted by atomic mass is 16.4. The number of oxazole rings is 1. The van der Waals surface area contributed by atoms with Gasteiger partial charge in [-0.15, -0.1) is 0 Å². The minimum Gasteiger partial charge on any atom is -0.451 e. The van der Waals surface area contributed by atoms with Crippen LogP contribution in [0.25, 0.3) is 33.5 Å². The topological polar surface area (TPSA) is 68.3 Å². The smallest absolute Gasteiger partial charge is 0.291 e. The Morgan fingerprint density at radius 1 is 0.871 bits per heavy atom. The number of carbonyl (C=O) groups is 1. The second-order valence-corrected chi connectivity index (χ2v) is 8.63. The average molecular weight is 410 g/mol. The van der Waals surface area contributed by atoms with Gasteiger partial charge >= 0.3 is 0 Å². The van der Waals surface area contributed by atoms with Crippen LogP contribution in [-0.4, -0.2) is 10.9 Å². The molecular weight excluding hydrogens is 388 g/mol. The molecule has 2 heterocycles. The molecule has 5 rings (SSSR count). The lowest BCUT2D eigenvalue weighted by Crippen LogP contribution is -2.10. The molecule has 0 bridgehead atoms. The quantitative estimate of drug-likeness (QED) is 0.355. The second-order valence-electron chi connectivity index (χ2n) is 8.63. The van der Waals surface area contributed by atoms with Crippen molar-refractivity contribution in [3.05, 3.63) is 84.1 Å². The lowest BCUT2D eigenvalue weighted by molar-refractivity contribution is 0.0998. The molecular formula is C26H22N2O3. The van der Waals surface area contributed by atoms with Crippen molar-refractivity contribution in [1.82, 2.24) is 4.98 Å². The van der Waals surface area contributed by atoms with Gasteiger partial charge in [-0.2, -0.15) is 0 Å². The minimum absolute atomic E-state index is 0.0901. The largest absolute Gasteiger partial charge is 0.451 e. The van der Waals surface area contributed by atoms with Gasteiger partial charge in [0.2, 0.25) is 5.89 Å². The summed E-state index contributed by atoms with van der Waals surface area (Å²) >= 11 is 0. The first-order chi connectivity index (χ1) is 14.9. The van der Waals surface area contributed by atoms with Gasteiger partial charge in [-0.25, -0.2) is 4.98 Å². The number of nitrogens with one attached hydrogen (secondary N) is 1. The van der Waals surface area contributed by atoms with Gasteiger partial charge in [-0.1, -0.05) is 51.1 Å². The Morgan fingerprint density at radius 3 is 2.39 bits per heavy atom. The van der Waals surface area contributed by atoms with Crippen LogP contribution in [-0.2, 0) is 5.41 Å². The van der Waals surface area contributed by atoms with Crippen molar-refractivity contribution < 1.29 is 13.6 Å². The van der Waals surface area contributed by atoms with Crippen molar-refractivity contribution in [3.63, 3.8) is 0 Å². The zero-order valence-corrected chi connectivity index (χ0v) is 17.6. The highest BCUT2D eigenvalue weighted by Gasteiger charge is 2.16. The van der Waals surface area contributed by atoms with Gasteiger partial charge in [0.1, 0.15) is 11.1 Å². The molecule has 0 unspecified atom stereocenters. The van der Waals surface area contributed by atoms with Crippen LogP contribution in [0.1, 0.15) is 36.9 Å². The van der Waals surface area contributed by atoms with E-state index < -0.39 is 0 Å². The highest BCUT2D eigenvalue weighted by Crippen LogP contribution is 2.29. The van der Waals surface area contributed by atoms with Crippen LogP contribution in [0.4, 0.5) is 5.69 Å². The summed E-state index contributed by atoms with van der Waals surface area (Å²) in [5, 5.41) is 3.75. The summed E-state index contributed by atoms with van der Waals surface area (Å²) < 4.78 is 11.6. The first-order valence-electron chi connectivity index (χ1n) is 10.2. The van der Waals surface area contributed by atoms with Crippen LogP contribution in [0.3, 0.4) is 0 Å². The summed E-state index contributed by atoms with van der Waals surface area (Å²) in [7, 11) is 0. The Labute approximate surface area is 179 Å². The van der Waals surface area contributed by atoms with Gasteiger partial charge in [0.15, 0.2) is 11.3 Å². The molecule has 0 atom stereocenters. The fourth-order valence-electron chi connectivity index (χ4n) is 3.53. The number of benzene rings is 3. The van der Waals surface area contributed by atoms with Gasteiger partial charge in [0.25, 0.3) is 5.91 Å². The molecule has 0 aliphatic rings. The van der Waals surface area contributed by atoms with Crippen LogP contribution in [0, 0.1) is 0 Å². The van der Waals surface area contributed by atoms with E-state index in [0.717, 1.165) is 16.5 Å². The van der Waals surface area contributed by atoms with E-state index in [2.05, 4.69) is 43.2 Å². The number of aromatic nitrogens is 1. The van der Waals surface area contributed by atoms with E-state index in [1.165, 1.54) is 5.56 Å². The predicted octanol–water partition coefficient (Wildman–Crippen LogP) is 6.79. The third kappa shape index (κ3) is 3.70. The van der Waals surface area contributed by atoms with Gasteiger partial charge in [0.05, 0.1) is 0 Å². The van der Waals surface area contributed by atoms with Crippen LogP contribution in [0.5, 0.6) is 0 Å². The van der Waals surface area contributed by atoms with E-state index in [4.69, 9.17) is 8.83 Å². The lowest BCUT2D eigenvalue weighted by atomic mass is 9.87. The number of amides is 1. The molecule has 0 aliphatic heterocycles. The van der Waals surface area contributed by atoms with Crippen molar-refractivity contribution in [3.8, 4) is 11.5 Å². The van der Waals surface area contributed by atoms with Gasteiger partial charge < -0.3 is 14.2 Å². The Bertz CT molecular complexity index is 1370. The number of carbonyl (C=O) groups excluding carboxylic acids is 1. The van der Waals surface area contributed by atoms with Crippen molar-refractivity contribution in [2.75, 3.05) is 5.32 Å². The molecule has 1 N–H and O–H groups in total. The molecule has 0 aliphatic carbocycles. The van der Waals surface area contributed by atoms with Gasteiger partial charge in [-0.05, 0) is 47.4 Å². The number of hydrogen-bond acceptors (Lipinski definition) is 4. The summed E-state index contributed by atoms with van der Waals surface area (Å²) in [6, 6.07) is 22.9. The van der Waals surface area contributed by atoms with Crippen LogP contribution >= 0.6 is 0 Å². The predicted molar refractivity (Wildman–Crippen MR) is 122 cm³/mol. The number of fused-ring (bicyclic) bond motifs is 2. The molecule has 0 fully saturated rings. The third-order valence-corrected chi connectivity index (χ3v) is 5.29. The minimum atomic E-state index is -0.312. The molecule has 5 heteroatoms. The van der Waals surface area contributed by atoms with Crippen molar-refractivity contribution >= 4 is 33.7 Å². The summed E-state index contributed by atoms with van der Waals surface area (Å²) in [4.78, 5) is 17.2. The van der Waals surface area contributed by atoms with Gasteiger partial charge in [0, 0.05) is 22.7 Å².